The predicted octanol–water partition coefficient (Wildman–Crippen LogP) is 3.55. The number of benzene rings is 3. The van der Waals surface area contributed by atoms with Crippen molar-refractivity contribution in [3.05, 3.63) is 96.1 Å². The van der Waals surface area contributed by atoms with Crippen LogP contribution in [0.4, 0.5) is 0 Å². The molecule has 0 heterocycles. The van der Waals surface area contributed by atoms with E-state index in [1.165, 1.54) is 0 Å². The summed E-state index contributed by atoms with van der Waals surface area (Å²) in [5.41, 5.74) is 3.82. The Bertz CT molecular complexity index is 1200. The minimum Gasteiger partial charge on any atom is -0.481 e. The summed E-state index contributed by atoms with van der Waals surface area (Å²) < 4.78 is 0. The molecular formula is C29H32N4O4S. The molecule has 3 rings (SSSR count). The lowest BCUT2D eigenvalue weighted by Gasteiger charge is -2.18. The molecule has 198 valence electrons. The fraction of sp³-hybridized carbons (Fsp3) is 0.241. The Hall–Kier alpha value is -4.24. The largest absolute Gasteiger partial charge is 0.481 e. The molecule has 0 aliphatic rings. The van der Waals surface area contributed by atoms with Crippen molar-refractivity contribution >= 4 is 35.1 Å². The van der Waals surface area contributed by atoms with Crippen LogP contribution in [0.3, 0.4) is 0 Å². The fourth-order valence-corrected chi connectivity index (χ4v) is 3.94. The summed E-state index contributed by atoms with van der Waals surface area (Å²) in [6, 6.07) is 26.4. The van der Waals surface area contributed by atoms with Gasteiger partial charge in [0.2, 0.25) is 11.8 Å². The summed E-state index contributed by atoms with van der Waals surface area (Å²) in [6.07, 6.45) is 0.491. The third-order valence-electron chi connectivity index (χ3n) is 5.74. The Labute approximate surface area is 227 Å². The van der Waals surface area contributed by atoms with Crippen molar-refractivity contribution in [3.8, 4) is 11.1 Å². The van der Waals surface area contributed by atoms with Crippen molar-refractivity contribution in [3.63, 3.8) is 0 Å². The Morgan fingerprint density at radius 2 is 1.39 bits per heavy atom. The van der Waals surface area contributed by atoms with Gasteiger partial charge in [-0.25, -0.2) is 0 Å². The van der Waals surface area contributed by atoms with E-state index in [2.05, 4.69) is 21.3 Å². The zero-order valence-corrected chi connectivity index (χ0v) is 21.8. The lowest BCUT2D eigenvalue weighted by atomic mass is 9.99. The molecule has 1 atom stereocenters. The molecule has 8 nitrogen and oxygen atoms in total. The highest BCUT2D eigenvalue weighted by molar-refractivity contribution is 7.80. The number of rotatable bonds is 13. The molecule has 0 fully saturated rings. The predicted molar refractivity (Wildman–Crippen MR) is 151 cm³/mol. The average molecular weight is 533 g/mol. The van der Waals surface area contributed by atoms with Crippen LogP contribution in [0.2, 0.25) is 0 Å². The van der Waals surface area contributed by atoms with Crippen molar-refractivity contribution in [1.29, 1.82) is 0 Å². The molecule has 0 bridgehead atoms. The number of carbonyl (C=O) groups is 3. The molecule has 0 aliphatic carbocycles. The van der Waals surface area contributed by atoms with Crippen LogP contribution < -0.4 is 21.3 Å². The molecule has 0 aliphatic heterocycles. The van der Waals surface area contributed by atoms with Gasteiger partial charge in [-0.3, -0.25) is 14.4 Å². The van der Waals surface area contributed by atoms with Gasteiger partial charge in [-0.1, -0.05) is 84.9 Å². The highest BCUT2D eigenvalue weighted by Gasteiger charge is 2.18. The molecule has 0 saturated carbocycles. The summed E-state index contributed by atoms with van der Waals surface area (Å²) >= 11 is 5.24. The van der Waals surface area contributed by atoms with Gasteiger partial charge >= 0.3 is 5.97 Å². The number of hydrogen-bond donors (Lipinski definition) is 5. The van der Waals surface area contributed by atoms with Gasteiger partial charge in [0.1, 0.15) is 0 Å². The highest BCUT2D eigenvalue weighted by atomic mass is 32.1. The van der Waals surface area contributed by atoms with Crippen LogP contribution in [-0.4, -0.2) is 41.1 Å². The minimum absolute atomic E-state index is 0.223. The summed E-state index contributed by atoms with van der Waals surface area (Å²) in [7, 11) is 0. The summed E-state index contributed by atoms with van der Waals surface area (Å²) in [5.74, 6) is -1.76. The van der Waals surface area contributed by atoms with Gasteiger partial charge in [0.25, 0.3) is 0 Å². The monoisotopic (exact) mass is 532 g/mol. The maximum Gasteiger partial charge on any atom is 0.305 e. The maximum atomic E-state index is 12.5. The standard InChI is InChI=1S/C29H32N4O4S/c34-26(12-7-17-30-29(38)32-19-21-8-3-1-4-9-21)31-20-27(35)33-25(18-28(36)37)24-15-13-23(14-16-24)22-10-5-2-6-11-22/h1-6,8-11,13-16,25H,7,12,17-20H2,(H,31,34)(H,33,35)(H,36,37)(H2,30,32,38). The molecule has 5 N–H and O–H groups in total. The first-order chi connectivity index (χ1) is 18.4. The average Bonchev–Trinajstić information content (AvgIpc) is 2.93. The van der Waals surface area contributed by atoms with Crippen LogP contribution in [0.1, 0.15) is 36.4 Å². The number of hydrogen-bond acceptors (Lipinski definition) is 4. The van der Waals surface area contributed by atoms with Crippen LogP contribution in [0.5, 0.6) is 0 Å². The van der Waals surface area contributed by atoms with Crippen LogP contribution in [0, 0.1) is 0 Å². The normalized spacial score (nSPS) is 11.2. The Morgan fingerprint density at radius 3 is 2.05 bits per heavy atom. The number of amides is 2. The third-order valence-corrected chi connectivity index (χ3v) is 6.03. The van der Waals surface area contributed by atoms with Crippen LogP contribution >= 0.6 is 12.2 Å². The highest BCUT2D eigenvalue weighted by Crippen LogP contribution is 2.23. The van der Waals surface area contributed by atoms with Gasteiger partial charge in [-0.2, -0.15) is 0 Å². The topological polar surface area (TPSA) is 120 Å². The Kier molecular flexibility index (Phi) is 11.3. The second-order valence-electron chi connectivity index (χ2n) is 8.68. The van der Waals surface area contributed by atoms with Gasteiger partial charge in [0.15, 0.2) is 5.11 Å². The fourth-order valence-electron chi connectivity index (χ4n) is 3.77. The molecule has 0 saturated heterocycles. The first-order valence-corrected chi connectivity index (χ1v) is 12.8. The van der Waals surface area contributed by atoms with Gasteiger partial charge < -0.3 is 26.4 Å². The van der Waals surface area contributed by atoms with Crippen molar-refractivity contribution < 1.29 is 19.5 Å². The van der Waals surface area contributed by atoms with E-state index < -0.39 is 17.9 Å². The van der Waals surface area contributed by atoms with Gasteiger partial charge in [0, 0.05) is 19.5 Å². The summed E-state index contributed by atoms with van der Waals surface area (Å²) in [4.78, 5) is 36.0. The first kappa shape index (κ1) is 28.3. The zero-order valence-electron chi connectivity index (χ0n) is 21.0. The molecule has 0 radical (unpaired) electrons. The number of thiocarbonyl (C=S) groups is 1. The molecule has 0 spiro atoms. The van der Waals surface area contributed by atoms with Crippen molar-refractivity contribution in [2.45, 2.75) is 31.8 Å². The van der Waals surface area contributed by atoms with Crippen molar-refractivity contribution in [2.75, 3.05) is 13.1 Å². The molecule has 2 amide bonds. The number of nitrogens with one attached hydrogen (secondary N) is 4. The van der Waals surface area contributed by atoms with E-state index in [1.807, 2.05) is 72.8 Å². The molecule has 9 heteroatoms. The lowest BCUT2D eigenvalue weighted by Crippen LogP contribution is -2.39. The first-order valence-electron chi connectivity index (χ1n) is 12.4. The molecule has 38 heavy (non-hydrogen) atoms. The number of aliphatic carboxylic acids is 1. The van der Waals surface area contributed by atoms with Gasteiger partial charge in [-0.05, 0) is 40.9 Å². The second-order valence-corrected chi connectivity index (χ2v) is 9.09. The summed E-state index contributed by atoms with van der Waals surface area (Å²) in [5, 5.41) is 21.3. The van der Waals surface area contributed by atoms with Crippen molar-refractivity contribution in [2.24, 2.45) is 0 Å². The number of carboxylic acid groups (broad SMARTS) is 1. The quantitative estimate of drug-likeness (QED) is 0.169. The third kappa shape index (κ3) is 10.0. The number of carboxylic acids is 1. The van der Waals surface area contributed by atoms with E-state index in [1.54, 1.807) is 12.1 Å². The van der Waals surface area contributed by atoms with Crippen LogP contribution in [0.25, 0.3) is 11.1 Å². The Morgan fingerprint density at radius 1 is 0.763 bits per heavy atom. The van der Waals surface area contributed by atoms with Crippen LogP contribution in [0.15, 0.2) is 84.9 Å². The van der Waals surface area contributed by atoms with E-state index in [9.17, 15) is 19.5 Å². The minimum atomic E-state index is -1.03. The van der Waals surface area contributed by atoms with E-state index in [-0.39, 0.29) is 25.3 Å². The van der Waals surface area contributed by atoms with Crippen LogP contribution in [-0.2, 0) is 20.9 Å². The van der Waals surface area contributed by atoms with Crippen molar-refractivity contribution in [1.82, 2.24) is 21.3 Å². The van der Waals surface area contributed by atoms with E-state index >= 15 is 0 Å². The van der Waals surface area contributed by atoms with Gasteiger partial charge in [0.05, 0.1) is 19.0 Å². The van der Waals surface area contributed by atoms with E-state index in [4.69, 9.17) is 12.2 Å². The number of carbonyl (C=O) groups excluding carboxylic acids is 2. The smallest absolute Gasteiger partial charge is 0.305 e. The lowest BCUT2D eigenvalue weighted by molar-refractivity contribution is -0.138. The molecule has 1 unspecified atom stereocenters. The zero-order chi connectivity index (χ0) is 27.2. The van der Waals surface area contributed by atoms with E-state index in [0.717, 1.165) is 16.7 Å². The second kappa shape index (κ2) is 15.1. The molecular weight excluding hydrogens is 500 g/mol. The molecule has 3 aromatic carbocycles. The Balaban J connectivity index is 1.38. The maximum absolute atomic E-state index is 12.5. The van der Waals surface area contributed by atoms with E-state index in [0.29, 0.717) is 30.2 Å². The molecule has 3 aromatic rings. The molecule has 0 aromatic heterocycles. The SMILES string of the molecule is O=C(O)CC(NC(=O)CNC(=O)CCCNC(=S)NCc1ccccc1)c1ccc(-c2ccccc2)cc1. The van der Waals surface area contributed by atoms with Gasteiger partial charge in [-0.15, -0.1) is 0 Å². The summed E-state index contributed by atoms with van der Waals surface area (Å²) in [6.45, 7) is 0.893.